The molecule has 39 heavy (non-hydrogen) atoms. The van der Waals surface area contributed by atoms with Crippen LogP contribution in [0.5, 0.6) is 5.75 Å². The second-order valence-electron chi connectivity index (χ2n) is 11.9. The minimum Gasteiger partial charge on any atom is -0.492 e. The number of benzene rings is 1. The lowest BCUT2D eigenvalue weighted by atomic mass is 9.54. The van der Waals surface area contributed by atoms with Crippen LogP contribution in [0.2, 0.25) is 5.02 Å². The van der Waals surface area contributed by atoms with Crippen LogP contribution in [0.3, 0.4) is 0 Å². The molecule has 2 aromatic heterocycles. The van der Waals surface area contributed by atoms with Gasteiger partial charge in [-0.2, -0.15) is 0 Å². The van der Waals surface area contributed by atoms with Crippen molar-refractivity contribution in [2.45, 2.75) is 44.6 Å². The average molecular weight is 545 g/mol. The summed E-state index contributed by atoms with van der Waals surface area (Å²) < 4.78 is 6.05. The molecule has 3 aromatic rings. The van der Waals surface area contributed by atoms with Gasteiger partial charge in [-0.3, -0.25) is 9.78 Å². The highest BCUT2D eigenvalue weighted by Crippen LogP contribution is 2.53. The number of rotatable bonds is 9. The minimum atomic E-state index is -0.0876. The molecule has 7 rings (SSSR count). The van der Waals surface area contributed by atoms with Crippen molar-refractivity contribution in [3.05, 3.63) is 65.4 Å². The number of carbonyl (C=O) groups excluding carboxylic acids is 1. The molecule has 0 atom stereocenters. The van der Waals surface area contributed by atoms with E-state index in [0.29, 0.717) is 40.6 Å². The van der Waals surface area contributed by atoms with E-state index in [4.69, 9.17) is 21.3 Å². The zero-order chi connectivity index (χ0) is 26.9. The fraction of sp³-hybridized carbons (Fsp3) is 0.469. The molecule has 204 valence electrons. The molecule has 0 saturated heterocycles. The fourth-order valence-corrected chi connectivity index (χ4v) is 7.42. The Morgan fingerprint density at radius 1 is 1.03 bits per heavy atom. The summed E-state index contributed by atoms with van der Waals surface area (Å²) in [5, 5.41) is 3.97. The van der Waals surface area contributed by atoms with E-state index >= 15 is 0 Å². The van der Waals surface area contributed by atoms with Crippen molar-refractivity contribution in [2.24, 2.45) is 23.7 Å². The van der Waals surface area contributed by atoms with E-state index in [0.717, 1.165) is 41.6 Å². The SMILES string of the molecule is CN(C)CCCOc1cc(-c2nc(C(=O)NC3C4CC5CC(C4)CC3C5)ccc2-c2ccccn2)ccc1Cl. The summed E-state index contributed by atoms with van der Waals surface area (Å²) in [7, 11) is 4.09. The van der Waals surface area contributed by atoms with Crippen molar-refractivity contribution < 1.29 is 9.53 Å². The molecule has 1 amide bonds. The van der Waals surface area contributed by atoms with Crippen LogP contribution < -0.4 is 10.1 Å². The van der Waals surface area contributed by atoms with Gasteiger partial charge in [0.05, 0.1) is 23.0 Å². The van der Waals surface area contributed by atoms with Crippen molar-refractivity contribution in [1.29, 1.82) is 0 Å². The molecule has 7 heteroatoms. The first-order valence-corrected chi connectivity index (χ1v) is 14.6. The molecule has 1 N–H and O–H groups in total. The van der Waals surface area contributed by atoms with Gasteiger partial charge in [-0.25, -0.2) is 4.98 Å². The first-order chi connectivity index (χ1) is 18.9. The summed E-state index contributed by atoms with van der Waals surface area (Å²) in [5.74, 6) is 3.49. The number of nitrogens with zero attached hydrogens (tertiary/aromatic N) is 3. The van der Waals surface area contributed by atoms with E-state index in [1.807, 2.05) is 62.6 Å². The van der Waals surface area contributed by atoms with Gasteiger partial charge >= 0.3 is 0 Å². The number of pyridine rings is 2. The van der Waals surface area contributed by atoms with Gasteiger partial charge in [0.15, 0.2) is 0 Å². The molecule has 0 aliphatic heterocycles. The maximum absolute atomic E-state index is 13.6. The number of amides is 1. The Morgan fingerprint density at radius 3 is 2.49 bits per heavy atom. The van der Waals surface area contributed by atoms with Crippen LogP contribution in [-0.2, 0) is 0 Å². The summed E-state index contributed by atoms with van der Waals surface area (Å²) in [5.41, 5.74) is 3.63. The predicted octanol–water partition coefficient (Wildman–Crippen LogP) is 6.35. The van der Waals surface area contributed by atoms with Crippen LogP contribution in [0.25, 0.3) is 22.5 Å². The van der Waals surface area contributed by atoms with E-state index in [-0.39, 0.29) is 11.9 Å². The van der Waals surface area contributed by atoms with Gasteiger partial charge in [-0.15, -0.1) is 0 Å². The molecule has 6 nitrogen and oxygen atoms in total. The summed E-state index contributed by atoms with van der Waals surface area (Å²) in [6.07, 6.45) is 9.11. The number of nitrogens with one attached hydrogen (secondary N) is 1. The van der Waals surface area contributed by atoms with Crippen molar-refractivity contribution in [1.82, 2.24) is 20.2 Å². The maximum atomic E-state index is 13.6. The van der Waals surface area contributed by atoms with Gasteiger partial charge in [-0.05, 0) is 113 Å². The van der Waals surface area contributed by atoms with E-state index in [2.05, 4.69) is 15.2 Å². The molecule has 0 unspecified atom stereocenters. The number of carbonyl (C=O) groups is 1. The van der Waals surface area contributed by atoms with Gasteiger partial charge in [0.25, 0.3) is 5.91 Å². The number of hydrogen-bond acceptors (Lipinski definition) is 5. The molecule has 0 radical (unpaired) electrons. The molecule has 0 spiro atoms. The van der Waals surface area contributed by atoms with E-state index in [1.54, 1.807) is 6.20 Å². The van der Waals surface area contributed by atoms with Crippen LogP contribution in [0, 0.1) is 23.7 Å². The lowest BCUT2D eigenvalue weighted by molar-refractivity contribution is -0.0120. The van der Waals surface area contributed by atoms with Crippen molar-refractivity contribution in [3.8, 4) is 28.3 Å². The number of halogens is 1. The van der Waals surface area contributed by atoms with Crippen molar-refractivity contribution >= 4 is 17.5 Å². The van der Waals surface area contributed by atoms with Gasteiger partial charge < -0.3 is 15.0 Å². The van der Waals surface area contributed by atoms with E-state index in [1.165, 1.54) is 32.1 Å². The predicted molar refractivity (Wildman–Crippen MR) is 155 cm³/mol. The fourth-order valence-electron chi connectivity index (χ4n) is 7.24. The topological polar surface area (TPSA) is 67.3 Å². The van der Waals surface area contributed by atoms with Crippen LogP contribution in [0.15, 0.2) is 54.7 Å². The zero-order valence-electron chi connectivity index (χ0n) is 22.8. The third-order valence-electron chi connectivity index (χ3n) is 8.81. The first-order valence-electron chi connectivity index (χ1n) is 14.3. The van der Waals surface area contributed by atoms with E-state index in [9.17, 15) is 4.79 Å². The summed E-state index contributed by atoms with van der Waals surface area (Å²) in [4.78, 5) is 25.2. The Hall–Kier alpha value is -2.96. The number of hydrogen-bond donors (Lipinski definition) is 1. The lowest BCUT2D eigenvalue weighted by Gasteiger charge is -2.54. The average Bonchev–Trinajstić information content (AvgIpc) is 2.93. The molecule has 4 bridgehead atoms. The van der Waals surface area contributed by atoms with E-state index < -0.39 is 0 Å². The largest absolute Gasteiger partial charge is 0.492 e. The molecular weight excluding hydrogens is 508 g/mol. The standard InChI is InChI=1S/C32H37ClN4O2/c1-37(2)12-5-13-39-29-19-22(7-9-26(29)33)31-25(27-6-3-4-11-34-27)8-10-28(35-31)32(38)36-30-23-15-20-14-21(17-23)18-24(30)16-20/h3-4,6-11,19-21,23-24,30H,5,12-18H2,1-2H3,(H,36,38). The summed E-state index contributed by atoms with van der Waals surface area (Å²) >= 11 is 6.50. The number of aromatic nitrogens is 2. The molecule has 4 aliphatic carbocycles. The second-order valence-corrected chi connectivity index (χ2v) is 12.3. The molecular formula is C32H37ClN4O2. The Labute approximate surface area is 236 Å². The normalized spacial score (nSPS) is 25.2. The molecule has 4 aliphatic rings. The van der Waals surface area contributed by atoms with Crippen LogP contribution in [0.1, 0.15) is 49.0 Å². The Kier molecular flexibility index (Phi) is 7.59. The van der Waals surface area contributed by atoms with Crippen LogP contribution in [0.4, 0.5) is 0 Å². The summed E-state index contributed by atoms with van der Waals surface area (Å²) in [6, 6.07) is 15.6. The monoisotopic (exact) mass is 544 g/mol. The van der Waals surface area contributed by atoms with Gasteiger partial charge in [0.2, 0.25) is 0 Å². The molecule has 2 heterocycles. The highest BCUT2D eigenvalue weighted by Gasteiger charge is 2.48. The van der Waals surface area contributed by atoms with Crippen LogP contribution >= 0.6 is 11.6 Å². The lowest BCUT2D eigenvalue weighted by Crippen LogP contribution is -2.55. The third kappa shape index (κ3) is 5.68. The highest BCUT2D eigenvalue weighted by molar-refractivity contribution is 6.32. The second kappa shape index (κ2) is 11.3. The highest BCUT2D eigenvalue weighted by atomic mass is 35.5. The van der Waals surface area contributed by atoms with Gasteiger partial charge in [0.1, 0.15) is 11.4 Å². The third-order valence-corrected chi connectivity index (χ3v) is 9.12. The Balaban J connectivity index is 1.29. The first kappa shape index (κ1) is 26.3. The molecule has 4 fully saturated rings. The quantitative estimate of drug-likeness (QED) is 0.318. The van der Waals surface area contributed by atoms with Gasteiger partial charge in [-0.1, -0.05) is 23.7 Å². The summed E-state index contributed by atoms with van der Waals surface area (Å²) in [6.45, 7) is 1.50. The van der Waals surface area contributed by atoms with Crippen molar-refractivity contribution in [2.75, 3.05) is 27.2 Å². The Morgan fingerprint density at radius 2 is 1.79 bits per heavy atom. The maximum Gasteiger partial charge on any atom is 0.270 e. The van der Waals surface area contributed by atoms with Crippen molar-refractivity contribution in [3.63, 3.8) is 0 Å². The minimum absolute atomic E-state index is 0.0876. The smallest absolute Gasteiger partial charge is 0.270 e. The molecule has 1 aromatic carbocycles. The van der Waals surface area contributed by atoms with Crippen LogP contribution in [-0.4, -0.2) is 54.1 Å². The van der Waals surface area contributed by atoms with Gasteiger partial charge in [0, 0.05) is 29.9 Å². The Bertz CT molecular complexity index is 1300. The zero-order valence-corrected chi connectivity index (χ0v) is 23.5. The number of ether oxygens (including phenoxy) is 1. The molecule has 4 saturated carbocycles.